The average Bonchev–Trinajstić information content (AvgIpc) is 2.45. The van der Waals surface area contributed by atoms with Crippen molar-refractivity contribution in [1.29, 1.82) is 0 Å². The first-order valence-corrected chi connectivity index (χ1v) is 7.05. The molecule has 2 atom stereocenters. The summed E-state index contributed by atoms with van der Waals surface area (Å²) in [6, 6.07) is 5.90. The molecule has 0 spiro atoms. The van der Waals surface area contributed by atoms with E-state index in [0.29, 0.717) is 0 Å². The molecule has 1 aromatic rings. The predicted molar refractivity (Wildman–Crippen MR) is 77.8 cm³/mol. The molecule has 0 aliphatic rings. The van der Waals surface area contributed by atoms with Gasteiger partial charge in [0.05, 0.1) is 11.7 Å². The van der Waals surface area contributed by atoms with E-state index in [1.165, 1.54) is 0 Å². The third kappa shape index (κ3) is 4.99. The first kappa shape index (κ1) is 15.6. The molecule has 2 N–H and O–H groups in total. The van der Waals surface area contributed by atoms with Crippen molar-refractivity contribution in [2.45, 2.75) is 58.7 Å². The number of hydrogen-bond donors (Lipinski definition) is 2. The fourth-order valence-corrected chi connectivity index (χ4v) is 1.99. The van der Waals surface area contributed by atoms with Gasteiger partial charge in [0.2, 0.25) is 5.91 Å². The van der Waals surface area contributed by atoms with Gasteiger partial charge in [-0.3, -0.25) is 15.1 Å². The van der Waals surface area contributed by atoms with Gasteiger partial charge in [-0.15, -0.1) is 0 Å². The van der Waals surface area contributed by atoms with Crippen LogP contribution in [0, 0.1) is 0 Å². The number of rotatable bonds is 7. The zero-order chi connectivity index (χ0) is 14.3. The van der Waals surface area contributed by atoms with Gasteiger partial charge in [0.25, 0.3) is 0 Å². The summed E-state index contributed by atoms with van der Waals surface area (Å²) in [5, 5.41) is 6.33. The molecule has 0 aliphatic heterocycles. The number of hydrogen-bond acceptors (Lipinski definition) is 3. The molecule has 2 unspecified atom stereocenters. The van der Waals surface area contributed by atoms with E-state index in [-0.39, 0.29) is 24.0 Å². The van der Waals surface area contributed by atoms with Crippen LogP contribution in [0.3, 0.4) is 0 Å². The summed E-state index contributed by atoms with van der Waals surface area (Å²) in [6.45, 7) is 8.08. The van der Waals surface area contributed by atoms with Crippen LogP contribution in [0.15, 0.2) is 24.4 Å². The lowest BCUT2D eigenvalue weighted by molar-refractivity contribution is -0.123. The van der Waals surface area contributed by atoms with Crippen LogP contribution in [0.1, 0.15) is 52.3 Å². The second kappa shape index (κ2) is 7.89. The Labute approximate surface area is 116 Å². The van der Waals surface area contributed by atoms with Crippen molar-refractivity contribution in [3.05, 3.63) is 30.1 Å². The Kier molecular flexibility index (Phi) is 6.50. The zero-order valence-electron chi connectivity index (χ0n) is 12.3. The minimum absolute atomic E-state index is 0.0523. The molecule has 1 aromatic heterocycles. The van der Waals surface area contributed by atoms with Gasteiger partial charge in [0, 0.05) is 18.3 Å². The summed E-state index contributed by atoms with van der Waals surface area (Å²) >= 11 is 0. The summed E-state index contributed by atoms with van der Waals surface area (Å²) in [7, 11) is 0. The van der Waals surface area contributed by atoms with E-state index in [9.17, 15) is 4.79 Å². The maximum absolute atomic E-state index is 12.0. The number of carbonyl (C=O) groups excluding carboxylic acids is 1. The summed E-state index contributed by atoms with van der Waals surface area (Å²) in [5.74, 6) is 0.0523. The normalized spacial score (nSPS) is 14.2. The molecule has 0 radical (unpaired) electrons. The number of aromatic nitrogens is 1. The quantitative estimate of drug-likeness (QED) is 0.794. The van der Waals surface area contributed by atoms with Gasteiger partial charge in [0.15, 0.2) is 0 Å². The predicted octanol–water partition coefficient (Wildman–Crippen LogP) is 2.43. The lowest BCUT2D eigenvalue weighted by atomic mass is 10.1. The molecule has 106 valence electrons. The molecular weight excluding hydrogens is 238 g/mol. The summed E-state index contributed by atoms with van der Waals surface area (Å²) < 4.78 is 0. The van der Waals surface area contributed by atoms with E-state index in [1.54, 1.807) is 6.20 Å². The van der Waals surface area contributed by atoms with Crippen LogP contribution in [0.2, 0.25) is 0 Å². The highest BCUT2D eigenvalue weighted by molar-refractivity contribution is 5.81. The van der Waals surface area contributed by atoms with Crippen molar-refractivity contribution in [3.8, 4) is 0 Å². The maximum atomic E-state index is 12.0. The van der Waals surface area contributed by atoms with Crippen molar-refractivity contribution in [1.82, 2.24) is 15.6 Å². The lowest BCUT2D eigenvalue weighted by Crippen LogP contribution is -2.46. The van der Waals surface area contributed by atoms with Crippen LogP contribution in [0.25, 0.3) is 0 Å². The second-order valence-electron chi connectivity index (χ2n) is 4.89. The average molecular weight is 263 g/mol. The minimum Gasteiger partial charge on any atom is -0.352 e. The number of pyridine rings is 1. The van der Waals surface area contributed by atoms with Gasteiger partial charge in [-0.1, -0.05) is 19.9 Å². The Morgan fingerprint density at radius 1 is 1.26 bits per heavy atom. The van der Waals surface area contributed by atoms with E-state index in [4.69, 9.17) is 0 Å². The highest BCUT2D eigenvalue weighted by Crippen LogP contribution is 2.09. The van der Waals surface area contributed by atoms with E-state index in [2.05, 4.69) is 29.5 Å². The van der Waals surface area contributed by atoms with Crippen LogP contribution in [-0.2, 0) is 4.79 Å². The largest absolute Gasteiger partial charge is 0.352 e. The van der Waals surface area contributed by atoms with Crippen LogP contribution in [0.5, 0.6) is 0 Å². The Morgan fingerprint density at radius 3 is 2.47 bits per heavy atom. The highest BCUT2D eigenvalue weighted by atomic mass is 16.2. The van der Waals surface area contributed by atoms with Crippen molar-refractivity contribution >= 4 is 5.91 Å². The Balaban J connectivity index is 2.50. The smallest absolute Gasteiger partial charge is 0.237 e. The molecule has 0 fully saturated rings. The molecule has 4 nitrogen and oxygen atoms in total. The third-order valence-corrected chi connectivity index (χ3v) is 3.36. The molecule has 0 aromatic carbocycles. The second-order valence-corrected chi connectivity index (χ2v) is 4.89. The van der Waals surface area contributed by atoms with Gasteiger partial charge in [0.1, 0.15) is 0 Å². The van der Waals surface area contributed by atoms with Crippen LogP contribution >= 0.6 is 0 Å². The Morgan fingerprint density at radius 2 is 1.95 bits per heavy atom. The minimum atomic E-state index is -0.224. The van der Waals surface area contributed by atoms with Crippen molar-refractivity contribution in [3.63, 3.8) is 0 Å². The summed E-state index contributed by atoms with van der Waals surface area (Å²) in [6.07, 6.45) is 3.69. The molecular formula is C15H25N3O. The fourth-order valence-electron chi connectivity index (χ4n) is 1.99. The lowest BCUT2D eigenvalue weighted by Gasteiger charge is -2.22. The standard InChI is InChI=1S/C15H25N3O/c1-5-13(6-2)18-15(19)12(4)17-11(3)14-9-7-8-10-16-14/h7-13,17H,5-6H2,1-4H3,(H,18,19). The first-order chi connectivity index (χ1) is 9.08. The van der Waals surface area contributed by atoms with E-state index >= 15 is 0 Å². The SMILES string of the molecule is CCC(CC)NC(=O)C(C)NC(C)c1ccccn1. The molecule has 0 saturated heterocycles. The van der Waals surface area contributed by atoms with Gasteiger partial charge >= 0.3 is 0 Å². The van der Waals surface area contributed by atoms with Crippen molar-refractivity contribution in [2.75, 3.05) is 0 Å². The van der Waals surface area contributed by atoms with Gasteiger partial charge in [-0.25, -0.2) is 0 Å². The van der Waals surface area contributed by atoms with E-state index < -0.39 is 0 Å². The molecule has 1 heterocycles. The van der Waals surface area contributed by atoms with Crippen molar-refractivity contribution in [2.24, 2.45) is 0 Å². The number of nitrogens with one attached hydrogen (secondary N) is 2. The van der Waals surface area contributed by atoms with E-state index in [0.717, 1.165) is 18.5 Å². The topological polar surface area (TPSA) is 54.0 Å². The monoisotopic (exact) mass is 263 g/mol. The molecule has 4 heteroatoms. The van der Waals surface area contributed by atoms with Crippen LogP contribution < -0.4 is 10.6 Å². The molecule has 19 heavy (non-hydrogen) atoms. The van der Waals surface area contributed by atoms with Crippen LogP contribution in [-0.4, -0.2) is 23.0 Å². The van der Waals surface area contributed by atoms with Crippen LogP contribution in [0.4, 0.5) is 0 Å². The number of carbonyl (C=O) groups is 1. The molecule has 0 aliphatic carbocycles. The number of nitrogens with zero attached hydrogens (tertiary/aromatic N) is 1. The van der Waals surface area contributed by atoms with Gasteiger partial charge < -0.3 is 5.32 Å². The summed E-state index contributed by atoms with van der Waals surface area (Å²) in [4.78, 5) is 16.3. The van der Waals surface area contributed by atoms with Gasteiger partial charge in [-0.2, -0.15) is 0 Å². The van der Waals surface area contributed by atoms with Crippen molar-refractivity contribution < 1.29 is 4.79 Å². The summed E-state index contributed by atoms with van der Waals surface area (Å²) in [5.41, 5.74) is 0.949. The zero-order valence-corrected chi connectivity index (χ0v) is 12.3. The molecule has 0 bridgehead atoms. The number of amides is 1. The Hall–Kier alpha value is -1.42. The molecule has 1 rings (SSSR count). The third-order valence-electron chi connectivity index (χ3n) is 3.36. The molecule has 1 amide bonds. The highest BCUT2D eigenvalue weighted by Gasteiger charge is 2.18. The van der Waals surface area contributed by atoms with E-state index in [1.807, 2.05) is 32.0 Å². The Bertz CT molecular complexity index is 376. The van der Waals surface area contributed by atoms with Gasteiger partial charge in [-0.05, 0) is 38.8 Å². The molecule has 0 saturated carbocycles. The fraction of sp³-hybridized carbons (Fsp3) is 0.600. The maximum Gasteiger partial charge on any atom is 0.237 e. The first-order valence-electron chi connectivity index (χ1n) is 7.05.